The molecule has 0 N–H and O–H groups in total. The van der Waals surface area contributed by atoms with Crippen molar-refractivity contribution in [2.24, 2.45) is 0 Å². The predicted molar refractivity (Wildman–Crippen MR) is 77.4 cm³/mol. The summed E-state index contributed by atoms with van der Waals surface area (Å²) in [6.45, 7) is 4.06. The van der Waals surface area contributed by atoms with Crippen molar-refractivity contribution in [1.29, 1.82) is 0 Å². The zero-order valence-corrected chi connectivity index (χ0v) is 11.8. The fraction of sp³-hybridized carbons (Fsp3) is 0.188. The Labute approximate surface area is 116 Å². The van der Waals surface area contributed by atoms with Gasteiger partial charge in [0.1, 0.15) is 5.82 Å². The van der Waals surface area contributed by atoms with Crippen molar-refractivity contribution < 1.29 is 9.18 Å². The first-order valence-electron chi connectivity index (χ1n) is 6.05. The Morgan fingerprint density at radius 2 is 1.79 bits per heavy atom. The van der Waals surface area contributed by atoms with Crippen LogP contribution in [0.2, 0.25) is 0 Å². The van der Waals surface area contributed by atoms with Crippen LogP contribution in [0.3, 0.4) is 0 Å². The molecular formula is C16H15FOS. The number of rotatable bonds is 4. The van der Waals surface area contributed by atoms with Crippen LogP contribution in [0.25, 0.3) is 0 Å². The van der Waals surface area contributed by atoms with Gasteiger partial charge in [0.2, 0.25) is 0 Å². The van der Waals surface area contributed by atoms with Gasteiger partial charge in [0.05, 0.1) is 5.75 Å². The standard InChI is InChI=1S/C16H15FOS/c1-11-3-4-12(2)16(9-11)19-10-15(18)13-5-7-14(17)8-6-13/h3-9H,10H2,1-2H3. The normalized spacial score (nSPS) is 10.5. The van der Waals surface area contributed by atoms with Gasteiger partial charge in [-0.3, -0.25) is 4.79 Å². The summed E-state index contributed by atoms with van der Waals surface area (Å²) in [5, 5.41) is 0. The molecule has 0 heterocycles. The highest BCUT2D eigenvalue weighted by molar-refractivity contribution is 8.00. The quantitative estimate of drug-likeness (QED) is 0.606. The number of carbonyl (C=O) groups excluding carboxylic acids is 1. The third-order valence-corrected chi connectivity index (χ3v) is 4.03. The van der Waals surface area contributed by atoms with Crippen LogP contribution in [0.1, 0.15) is 21.5 Å². The van der Waals surface area contributed by atoms with Gasteiger partial charge in [-0.25, -0.2) is 4.39 Å². The van der Waals surface area contributed by atoms with E-state index in [1.165, 1.54) is 47.2 Å². The van der Waals surface area contributed by atoms with Crippen LogP contribution in [-0.2, 0) is 0 Å². The lowest BCUT2D eigenvalue weighted by molar-refractivity contribution is 0.102. The molecule has 0 atom stereocenters. The third-order valence-electron chi connectivity index (χ3n) is 2.87. The summed E-state index contributed by atoms with van der Waals surface area (Å²) in [6.07, 6.45) is 0. The largest absolute Gasteiger partial charge is 0.293 e. The molecule has 2 aromatic rings. The molecule has 0 aromatic heterocycles. The fourth-order valence-electron chi connectivity index (χ4n) is 1.73. The Kier molecular flexibility index (Phi) is 4.38. The highest BCUT2D eigenvalue weighted by Crippen LogP contribution is 2.24. The van der Waals surface area contributed by atoms with E-state index in [1.54, 1.807) is 0 Å². The molecule has 0 spiro atoms. The molecule has 0 aliphatic heterocycles. The van der Waals surface area contributed by atoms with Gasteiger partial charge >= 0.3 is 0 Å². The third kappa shape index (κ3) is 3.67. The predicted octanol–water partition coefficient (Wildman–Crippen LogP) is 4.42. The number of aryl methyl sites for hydroxylation is 2. The first kappa shape index (κ1) is 13.8. The molecule has 0 bridgehead atoms. The van der Waals surface area contributed by atoms with E-state index in [9.17, 15) is 9.18 Å². The van der Waals surface area contributed by atoms with Crippen molar-refractivity contribution in [3.05, 3.63) is 65.0 Å². The lowest BCUT2D eigenvalue weighted by Crippen LogP contribution is -2.02. The maximum absolute atomic E-state index is 12.8. The van der Waals surface area contributed by atoms with Gasteiger partial charge in [-0.15, -0.1) is 11.8 Å². The lowest BCUT2D eigenvalue weighted by Gasteiger charge is -2.06. The van der Waals surface area contributed by atoms with Gasteiger partial charge in [-0.1, -0.05) is 17.7 Å². The van der Waals surface area contributed by atoms with Crippen LogP contribution in [0.15, 0.2) is 47.4 Å². The van der Waals surface area contributed by atoms with E-state index in [1.807, 2.05) is 13.8 Å². The van der Waals surface area contributed by atoms with E-state index in [0.29, 0.717) is 11.3 Å². The van der Waals surface area contributed by atoms with E-state index >= 15 is 0 Å². The maximum atomic E-state index is 12.8. The van der Waals surface area contributed by atoms with Crippen LogP contribution >= 0.6 is 11.8 Å². The summed E-state index contributed by atoms with van der Waals surface area (Å²) in [7, 11) is 0. The Hall–Kier alpha value is -1.61. The molecule has 0 aliphatic carbocycles. The van der Waals surface area contributed by atoms with Gasteiger partial charge in [-0.2, -0.15) is 0 Å². The molecule has 98 valence electrons. The molecule has 3 heteroatoms. The molecule has 0 unspecified atom stereocenters. The van der Waals surface area contributed by atoms with Gasteiger partial charge in [0.25, 0.3) is 0 Å². The van der Waals surface area contributed by atoms with Crippen LogP contribution in [0, 0.1) is 19.7 Å². The van der Waals surface area contributed by atoms with E-state index in [2.05, 4.69) is 18.2 Å². The lowest BCUT2D eigenvalue weighted by atomic mass is 10.1. The molecule has 0 amide bonds. The SMILES string of the molecule is Cc1ccc(C)c(SCC(=O)c2ccc(F)cc2)c1. The van der Waals surface area contributed by atoms with Gasteiger partial charge in [0.15, 0.2) is 5.78 Å². The van der Waals surface area contributed by atoms with E-state index in [0.717, 1.165) is 4.90 Å². The minimum atomic E-state index is -0.321. The Bertz CT molecular complexity index is 590. The van der Waals surface area contributed by atoms with Gasteiger partial charge in [0, 0.05) is 10.5 Å². The van der Waals surface area contributed by atoms with Crippen LogP contribution in [0.4, 0.5) is 4.39 Å². The van der Waals surface area contributed by atoms with Crippen molar-refractivity contribution in [1.82, 2.24) is 0 Å². The summed E-state index contributed by atoms with van der Waals surface area (Å²) < 4.78 is 12.8. The summed E-state index contributed by atoms with van der Waals surface area (Å²) in [5.74, 6) is 0.0697. The van der Waals surface area contributed by atoms with Gasteiger partial charge < -0.3 is 0 Å². The van der Waals surface area contributed by atoms with Crippen molar-refractivity contribution in [2.45, 2.75) is 18.7 Å². The number of thioether (sulfide) groups is 1. The number of ketones is 1. The highest BCUT2D eigenvalue weighted by Gasteiger charge is 2.08. The number of benzene rings is 2. The number of carbonyl (C=O) groups is 1. The molecule has 19 heavy (non-hydrogen) atoms. The zero-order chi connectivity index (χ0) is 13.8. The van der Waals surface area contributed by atoms with Gasteiger partial charge in [-0.05, 0) is 49.7 Å². The van der Waals surface area contributed by atoms with Crippen LogP contribution in [0.5, 0.6) is 0 Å². The minimum absolute atomic E-state index is 0.0194. The van der Waals surface area contributed by atoms with Crippen molar-refractivity contribution in [2.75, 3.05) is 5.75 Å². The Morgan fingerprint density at radius 1 is 1.11 bits per heavy atom. The summed E-state index contributed by atoms with van der Waals surface area (Å²) in [4.78, 5) is 13.1. The number of hydrogen-bond acceptors (Lipinski definition) is 2. The molecule has 0 aliphatic rings. The van der Waals surface area contributed by atoms with Crippen molar-refractivity contribution >= 4 is 17.5 Å². The molecule has 1 nitrogen and oxygen atoms in total. The topological polar surface area (TPSA) is 17.1 Å². The first-order valence-corrected chi connectivity index (χ1v) is 7.03. The van der Waals surface area contributed by atoms with Crippen molar-refractivity contribution in [3.8, 4) is 0 Å². The fourth-order valence-corrected chi connectivity index (χ4v) is 2.74. The van der Waals surface area contributed by atoms with E-state index in [4.69, 9.17) is 0 Å². The molecular weight excluding hydrogens is 259 g/mol. The van der Waals surface area contributed by atoms with Crippen molar-refractivity contribution in [3.63, 3.8) is 0 Å². The van der Waals surface area contributed by atoms with Crippen LogP contribution < -0.4 is 0 Å². The maximum Gasteiger partial charge on any atom is 0.173 e. The average molecular weight is 274 g/mol. The monoisotopic (exact) mass is 274 g/mol. The second-order valence-electron chi connectivity index (χ2n) is 4.49. The molecule has 0 saturated carbocycles. The molecule has 0 saturated heterocycles. The number of Topliss-reactive ketones (excluding diaryl/α,β-unsaturated/α-hetero) is 1. The van der Waals surface area contributed by atoms with E-state index < -0.39 is 0 Å². The zero-order valence-electron chi connectivity index (χ0n) is 10.9. The smallest absolute Gasteiger partial charge is 0.173 e. The molecule has 0 radical (unpaired) electrons. The Balaban J connectivity index is 2.04. The Morgan fingerprint density at radius 3 is 2.47 bits per heavy atom. The average Bonchev–Trinajstić information content (AvgIpc) is 2.40. The number of hydrogen-bond donors (Lipinski definition) is 0. The molecule has 0 fully saturated rings. The highest BCUT2D eigenvalue weighted by atomic mass is 32.2. The minimum Gasteiger partial charge on any atom is -0.293 e. The molecule has 2 aromatic carbocycles. The summed E-state index contributed by atoms with van der Waals surface area (Å²) >= 11 is 1.53. The number of halogens is 1. The first-order chi connectivity index (χ1) is 9.06. The second-order valence-corrected chi connectivity index (χ2v) is 5.50. The summed E-state index contributed by atoms with van der Waals surface area (Å²) in [5.41, 5.74) is 2.91. The van der Waals surface area contributed by atoms with Crippen LogP contribution in [-0.4, -0.2) is 11.5 Å². The second kappa shape index (κ2) is 6.02. The molecule has 2 rings (SSSR count). The van der Waals surface area contributed by atoms with E-state index in [-0.39, 0.29) is 11.6 Å². The summed E-state index contributed by atoms with van der Waals surface area (Å²) in [6, 6.07) is 11.9.